The summed E-state index contributed by atoms with van der Waals surface area (Å²) in [5.41, 5.74) is 1.41. The van der Waals surface area contributed by atoms with Crippen LogP contribution in [0.1, 0.15) is 59.8 Å². The van der Waals surface area contributed by atoms with Crippen LogP contribution in [0, 0.1) is 0 Å². The number of hydrogen-bond acceptors (Lipinski definition) is 6. The van der Waals surface area contributed by atoms with E-state index in [-0.39, 0.29) is 18.4 Å². The van der Waals surface area contributed by atoms with Crippen LogP contribution in [0.15, 0.2) is 12.5 Å². The number of hydrogen-bond donors (Lipinski definition) is 1. The number of carbonyl (C=O) groups is 1. The van der Waals surface area contributed by atoms with Crippen LogP contribution in [0.25, 0.3) is 0 Å². The average molecular weight is 344 g/mol. The van der Waals surface area contributed by atoms with E-state index in [0.29, 0.717) is 17.9 Å². The molecule has 0 aromatic carbocycles. The number of piperidine rings is 1. The zero-order valence-corrected chi connectivity index (χ0v) is 14.7. The van der Waals surface area contributed by atoms with Crippen molar-refractivity contribution in [2.75, 3.05) is 13.1 Å². The van der Waals surface area contributed by atoms with Crippen molar-refractivity contribution in [1.82, 2.24) is 29.6 Å². The standard InChI is InChI=1S/C17H24N6O2/c1-3-5-14-13(8-18-11-19-14)17(25)23-7-4-6-12(9-23)16-21-20-15(10-24)22(16)2/h8,11-12,24H,3-7,9-10H2,1-2H3/t12-/m1/s1. The van der Waals surface area contributed by atoms with E-state index in [4.69, 9.17) is 0 Å². The first-order valence-electron chi connectivity index (χ1n) is 8.72. The maximum Gasteiger partial charge on any atom is 0.257 e. The summed E-state index contributed by atoms with van der Waals surface area (Å²) in [6.45, 7) is 3.25. The van der Waals surface area contributed by atoms with Crippen LogP contribution in [0.2, 0.25) is 0 Å². The number of nitrogens with zero attached hydrogens (tertiary/aromatic N) is 6. The molecule has 1 aliphatic rings. The molecule has 8 heteroatoms. The van der Waals surface area contributed by atoms with Gasteiger partial charge in [-0.05, 0) is 19.3 Å². The van der Waals surface area contributed by atoms with Crippen LogP contribution in [0.4, 0.5) is 0 Å². The highest BCUT2D eigenvalue weighted by molar-refractivity contribution is 5.95. The van der Waals surface area contributed by atoms with Gasteiger partial charge < -0.3 is 14.6 Å². The fourth-order valence-electron chi connectivity index (χ4n) is 3.38. The van der Waals surface area contributed by atoms with Gasteiger partial charge in [-0.15, -0.1) is 10.2 Å². The molecule has 3 heterocycles. The zero-order chi connectivity index (χ0) is 17.8. The lowest BCUT2D eigenvalue weighted by molar-refractivity contribution is 0.0701. The predicted octanol–water partition coefficient (Wildman–Crippen LogP) is 1.07. The van der Waals surface area contributed by atoms with Gasteiger partial charge in [-0.25, -0.2) is 9.97 Å². The predicted molar refractivity (Wildman–Crippen MR) is 90.8 cm³/mol. The molecule has 25 heavy (non-hydrogen) atoms. The third-order valence-corrected chi connectivity index (χ3v) is 4.73. The molecule has 1 amide bonds. The van der Waals surface area contributed by atoms with Crippen LogP contribution in [0.5, 0.6) is 0 Å². The highest BCUT2D eigenvalue weighted by atomic mass is 16.3. The molecule has 0 unspecified atom stereocenters. The highest BCUT2D eigenvalue weighted by Crippen LogP contribution is 2.27. The molecule has 8 nitrogen and oxygen atoms in total. The van der Waals surface area contributed by atoms with Crippen LogP contribution in [-0.2, 0) is 20.1 Å². The number of likely N-dealkylation sites (tertiary alicyclic amines) is 1. The van der Waals surface area contributed by atoms with Crippen LogP contribution in [-0.4, -0.2) is 53.7 Å². The van der Waals surface area contributed by atoms with E-state index in [9.17, 15) is 9.90 Å². The third-order valence-electron chi connectivity index (χ3n) is 4.73. The molecule has 2 aromatic rings. The van der Waals surface area contributed by atoms with Gasteiger partial charge in [-0.2, -0.15) is 0 Å². The van der Waals surface area contributed by atoms with Crippen LogP contribution >= 0.6 is 0 Å². The molecule has 0 spiro atoms. The fourth-order valence-corrected chi connectivity index (χ4v) is 3.38. The Morgan fingerprint density at radius 3 is 2.96 bits per heavy atom. The van der Waals surface area contributed by atoms with Gasteiger partial charge in [0, 0.05) is 32.3 Å². The molecule has 1 aliphatic heterocycles. The van der Waals surface area contributed by atoms with Crippen molar-refractivity contribution in [1.29, 1.82) is 0 Å². The molecule has 3 rings (SSSR count). The molecule has 2 aromatic heterocycles. The topological polar surface area (TPSA) is 97.0 Å². The molecule has 1 N–H and O–H groups in total. The summed E-state index contributed by atoms with van der Waals surface area (Å²) in [7, 11) is 1.85. The van der Waals surface area contributed by atoms with Crippen molar-refractivity contribution >= 4 is 5.91 Å². The van der Waals surface area contributed by atoms with Crippen molar-refractivity contribution in [3.05, 3.63) is 35.4 Å². The number of amides is 1. The number of aliphatic hydroxyl groups is 1. The fraction of sp³-hybridized carbons (Fsp3) is 0.588. The summed E-state index contributed by atoms with van der Waals surface area (Å²) < 4.78 is 1.83. The van der Waals surface area contributed by atoms with E-state index in [1.54, 1.807) is 6.20 Å². The van der Waals surface area contributed by atoms with Gasteiger partial charge in [0.15, 0.2) is 5.82 Å². The Balaban J connectivity index is 1.79. The summed E-state index contributed by atoms with van der Waals surface area (Å²) in [5, 5.41) is 17.5. The Bertz CT molecular complexity index is 744. The summed E-state index contributed by atoms with van der Waals surface area (Å²) in [5.74, 6) is 1.47. The average Bonchev–Trinajstić information content (AvgIpc) is 3.02. The van der Waals surface area contributed by atoms with Gasteiger partial charge in [0.05, 0.1) is 11.3 Å². The second-order valence-corrected chi connectivity index (χ2v) is 6.41. The lowest BCUT2D eigenvalue weighted by Crippen LogP contribution is -2.40. The zero-order valence-electron chi connectivity index (χ0n) is 14.7. The lowest BCUT2D eigenvalue weighted by Gasteiger charge is -2.32. The van der Waals surface area contributed by atoms with E-state index in [0.717, 1.165) is 43.7 Å². The summed E-state index contributed by atoms with van der Waals surface area (Å²) in [6.07, 6.45) is 6.68. The quantitative estimate of drug-likeness (QED) is 0.871. The smallest absolute Gasteiger partial charge is 0.257 e. The number of carbonyl (C=O) groups excluding carboxylic acids is 1. The van der Waals surface area contributed by atoms with Gasteiger partial charge in [-0.1, -0.05) is 13.3 Å². The molecule has 1 saturated heterocycles. The second kappa shape index (κ2) is 7.69. The minimum absolute atomic E-state index is 0.0155. The number of aryl methyl sites for hydroxylation is 1. The molecule has 0 radical (unpaired) electrons. The van der Waals surface area contributed by atoms with Crippen molar-refractivity contribution in [2.24, 2.45) is 7.05 Å². The van der Waals surface area contributed by atoms with Gasteiger partial charge in [0.2, 0.25) is 0 Å². The molecule has 0 aliphatic carbocycles. The molecule has 0 saturated carbocycles. The van der Waals surface area contributed by atoms with Crippen molar-refractivity contribution in [3.8, 4) is 0 Å². The monoisotopic (exact) mass is 344 g/mol. The van der Waals surface area contributed by atoms with Gasteiger partial charge in [0.25, 0.3) is 5.91 Å². The van der Waals surface area contributed by atoms with Gasteiger partial charge in [0.1, 0.15) is 18.8 Å². The maximum atomic E-state index is 13.0. The largest absolute Gasteiger partial charge is 0.388 e. The van der Waals surface area contributed by atoms with Crippen LogP contribution < -0.4 is 0 Å². The second-order valence-electron chi connectivity index (χ2n) is 6.41. The first-order chi connectivity index (χ1) is 12.2. The van der Waals surface area contributed by atoms with Crippen molar-refractivity contribution in [3.63, 3.8) is 0 Å². The Labute approximate surface area is 146 Å². The maximum absolute atomic E-state index is 13.0. The molecule has 134 valence electrons. The number of rotatable bonds is 5. The number of aliphatic hydroxyl groups excluding tert-OH is 1. The van der Waals surface area contributed by atoms with Crippen molar-refractivity contribution < 1.29 is 9.90 Å². The summed E-state index contributed by atoms with van der Waals surface area (Å²) in [6, 6.07) is 0. The Morgan fingerprint density at radius 1 is 1.40 bits per heavy atom. The highest BCUT2D eigenvalue weighted by Gasteiger charge is 2.29. The summed E-state index contributed by atoms with van der Waals surface area (Å²) in [4.78, 5) is 23.2. The number of aromatic nitrogens is 5. The van der Waals surface area contributed by atoms with E-state index in [1.165, 1.54) is 6.33 Å². The van der Waals surface area contributed by atoms with Gasteiger partial charge in [-0.3, -0.25) is 4.79 Å². The molecule has 0 bridgehead atoms. The molecular formula is C17H24N6O2. The Morgan fingerprint density at radius 2 is 2.24 bits per heavy atom. The minimum atomic E-state index is -0.138. The van der Waals surface area contributed by atoms with E-state index >= 15 is 0 Å². The molecule has 1 atom stereocenters. The summed E-state index contributed by atoms with van der Waals surface area (Å²) >= 11 is 0. The molecular weight excluding hydrogens is 320 g/mol. The van der Waals surface area contributed by atoms with E-state index in [2.05, 4.69) is 27.1 Å². The first kappa shape index (κ1) is 17.5. The lowest BCUT2D eigenvalue weighted by atomic mass is 9.96. The first-order valence-corrected chi connectivity index (χ1v) is 8.72. The van der Waals surface area contributed by atoms with Crippen LogP contribution in [0.3, 0.4) is 0 Å². The Kier molecular flexibility index (Phi) is 5.37. The van der Waals surface area contributed by atoms with E-state index < -0.39 is 0 Å². The third kappa shape index (κ3) is 3.53. The van der Waals surface area contributed by atoms with Gasteiger partial charge >= 0.3 is 0 Å². The Hall–Kier alpha value is -2.35. The molecule has 1 fully saturated rings. The normalized spacial score (nSPS) is 17.7. The van der Waals surface area contributed by atoms with Crippen molar-refractivity contribution in [2.45, 2.75) is 45.1 Å². The minimum Gasteiger partial charge on any atom is -0.388 e. The van der Waals surface area contributed by atoms with E-state index in [1.807, 2.05) is 16.5 Å². The SMILES string of the molecule is CCCc1ncncc1C(=O)N1CCC[C@@H](c2nnc(CO)n2C)C1.